The van der Waals surface area contributed by atoms with Crippen LogP contribution in [-0.2, 0) is 9.59 Å². The highest BCUT2D eigenvalue weighted by Crippen LogP contribution is 2.36. The van der Waals surface area contributed by atoms with Crippen molar-refractivity contribution < 1.29 is 9.59 Å². The molecule has 2 heterocycles. The molecule has 2 aliphatic heterocycles. The van der Waals surface area contributed by atoms with Crippen molar-refractivity contribution in [3.05, 3.63) is 0 Å². The molecule has 2 fully saturated rings. The fourth-order valence-corrected chi connectivity index (χ4v) is 3.80. The molecule has 5 heteroatoms. The molecule has 2 rings (SSSR count). The third-order valence-corrected chi connectivity index (χ3v) is 4.93. The summed E-state index contributed by atoms with van der Waals surface area (Å²) in [5, 5.41) is 6.33. The lowest BCUT2D eigenvalue weighted by molar-refractivity contribution is -0.145. The molecule has 2 amide bonds. The van der Waals surface area contributed by atoms with Crippen LogP contribution in [0.25, 0.3) is 0 Å². The Bertz CT molecular complexity index is 364. The Hall–Kier alpha value is -1.10. The summed E-state index contributed by atoms with van der Waals surface area (Å²) >= 11 is 0. The van der Waals surface area contributed by atoms with Crippen molar-refractivity contribution in [3.8, 4) is 0 Å². The summed E-state index contributed by atoms with van der Waals surface area (Å²) in [4.78, 5) is 26.2. The van der Waals surface area contributed by atoms with Crippen LogP contribution < -0.4 is 10.6 Å². The summed E-state index contributed by atoms with van der Waals surface area (Å²) in [5.41, 5.74) is -0.138. The third-order valence-electron chi connectivity index (χ3n) is 4.93. The minimum absolute atomic E-state index is 0.0283. The van der Waals surface area contributed by atoms with Crippen LogP contribution in [0.1, 0.15) is 52.4 Å². The van der Waals surface area contributed by atoms with Gasteiger partial charge in [0.1, 0.15) is 0 Å². The van der Waals surface area contributed by atoms with Crippen molar-refractivity contribution in [3.63, 3.8) is 0 Å². The van der Waals surface area contributed by atoms with Crippen LogP contribution in [0.15, 0.2) is 0 Å². The minimum Gasteiger partial charge on any atom is -0.353 e. The van der Waals surface area contributed by atoms with Gasteiger partial charge in [-0.1, -0.05) is 13.3 Å². The van der Waals surface area contributed by atoms with Crippen molar-refractivity contribution in [2.24, 2.45) is 5.41 Å². The summed E-state index contributed by atoms with van der Waals surface area (Å²) in [6.45, 7) is 7.19. The molecule has 0 aromatic heterocycles. The lowest BCUT2D eigenvalue weighted by Crippen LogP contribution is -2.53. The molecule has 0 aliphatic carbocycles. The summed E-state index contributed by atoms with van der Waals surface area (Å²) in [6.07, 6.45) is 5.75. The zero-order chi connectivity index (χ0) is 15.3. The lowest BCUT2D eigenvalue weighted by atomic mass is 9.74. The van der Waals surface area contributed by atoms with Gasteiger partial charge in [0, 0.05) is 26.1 Å². The van der Waals surface area contributed by atoms with Gasteiger partial charge in [-0.25, -0.2) is 0 Å². The standard InChI is InChI=1S/C16H29N3O2/c1-3-6-16(7-9-17-10-8-16)15(21)19-11-4-14(5-12-19)18-13(2)20/h14,17H,3-12H2,1-2H3,(H,18,20). The predicted octanol–water partition coefficient (Wildman–Crippen LogP) is 1.28. The van der Waals surface area contributed by atoms with E-state index < -0.39 is 0 Å². The van der Waals surface area contributed by atoms with E-state index in [1.807, 2.05) is 4.90 Å². The van der Waals surface area contributed by atoms with Crippen LogP contribution in [0, 0.1) is 5.41 Å². The van der Waals surface area contributed by atoms with Crippen molar-refractivity contribution in [1.29, 1.82) is 0 Å². The molecule has 21 heavy (non-hydrogen) atoms. The van der Waals surface area contributed by atoms with Crippen LogP contribution in [0.3, 0.4) is 0 Å². The number of nitrogens with one attached hydrogen (secondary N) is 2. The summed E-state index contributed by atoms with van der Waals surface area (Å²) < 4.78 is 0. The molecule has 0 aromatic rings. The van der Waals surface area contributed by atoms with E-state index in [-0.39, 0.29) is 17.4 Å². The zero-order valence-electron chi connectivity index (χ0n) is 13.4. The Kier molecular flexibility index (Phi) is 5.62. The molecule has 0 unspecified atom stereocenters. The Balaban J connectivity index is 1.94. The van der Waals surface area contributed by atoms with E-state index in [1.54, 1.807) is 6.92 Å². The Morgan fingerprint density at radius 2 is 1.86 bits per heavy atom. The van der Waals surface area contributed by atoms with Crippen LogP contribution in [0.2, 0.25) is 0 Å². The molecule has 0 aromatic carbocycles. The van der Waals surface area contributed by atoms with E-state index in [9.17, 15) is 9.59 Å². The van der Waals surface area contributed by atoms with Gasteiger partial charge in [0.25, 0.3) is 0 Å². The molecule has 5 nitrogen and oxygen atoms in total. The number of hydrogen-bond donors (Lipinski definition) is 2. The number of carbonyl (C=O) groups excluding carboxylic acids is 2. The van der Waals surface area contributed by atoms with Gasteiger partial charge in [0.05, 0.1) is 5.41 Å². The van der Waals surface area contributed by atoms with Gasteiger partial charge in [-0.05, 0) is 45.2 Å². The molecular formula is C16H29N3O2. The fraction of sp³-hybridized carbons (Fsp3) is 0.875. The van der Waals surface area contributed by atoms with E-state index in [0.717, 1.165) is 64.7 Å². The number of rotatable bonds is 4. The van der Waals surface area contributed by atoms with E-state index in [2.05, 4.69) is 17.6 Å². The predicted molar refractivity (Wildman–Crippen MR) is 82.9 cm³/mol. The molecule has 0 radical (unpaired) electrons. The summed E-state index contributed by atoms with van der Waals surface area (Å²) in [7, 11) is 0. The quantitative estimate of drug-likeness (QED) is 0.821. The maximum absolute atomic E-state index is 13.0. The molecule has 2 aliphatic rings. The Labute approximate surface area is 127 Å². The minimum atomic E-state index is -0.138. The van der Waals surface area contributed by atoms with E-state index >= 15 is 0 Å². The fourth-order valence-electron chi connectivity index (χ4n) is 3.80. The molecule has 120 valence electrons. The van der Waals surface area contributed by atoms with Crippen LogP contribution in [-0.4, -0.2) is 48.9 Å². The zero-order valence-corrected chi connectivity index (χ0v) is 13.4. The average molecular weight is 295 g/mol. The number of carbonyl (C=O) groups is 2. The molecule has 2 saturated heterocycles. The first-order chi connectivity index (χ1) is 10.1. The number of piperidine rings is 2. The number of amides is 2. The Morgan fingerprint density at radius 1 is 1.24 bits per heavy atom. The maximum Gasteiger partial charge on any atom is 0.228 e. The lowest BCUT2D eigenvalue weighted by Gasteiger charge is -2.42. The van der Waals surface area contributed by atoms with E-state index in [1.165, 1.54) is 0 Å². The molecule has 2 N–H and O–H groups in total. The normalized spacial score (nSPS) is 22.9. The smallest absolute Gasteiger partial charge is 0.228 e. The average Bonchev–Trinajstić information content (AvgIpc) is 2.48. The SMILES string of the molecule is CCCC1(C(=O)N2CCC(NC(C)=O)CC2)CCNCC1. The Morgan fingerprint density at radius 3 is 2.38 bits per heavy atom. The number of likely N-dealkylation sites (tertiary alicyclic amines) is 1. The third kappa shape index (κ3) is 3.96. The summed E-state index contributed by atoms with van der Waals surface area (Å²) in [6, 6.07) is 0.238. The first kappa shape index (κ1) is 16.3. The first-order valence-corrected chi connectivity index (χ1v) is 8.34. The molecule has 0 spiro atoms. The van der Waals surface area contributed by atoms with Crippen LogP contribution in [0.5, 0.6) is 0 Å². The van der Waals surface area contributed by atoms with Gasteiger partial charge in [-0.2, -0.15) is 0 Å². The van der Waals surface area contributed by atoms with Gasteiger partial charge < -0.3 is 15.5 Å². The number of hydrogen-bond acceptors (Lipinski definition) is 3. The van der Waals surface area contributed by atoms with Gasteiger partial charge >= 0.3 is 0 Å². The van der Waals surface area contributed by atoms with Crippen molar-refractivity contribution in [2.45, 2.75) is 58.4 Å². The molecule has 0 saturated carbocycles. The topological polar surface area (TPSA) is 61.4 Å². The van der Waals surface area contributed by atoms with Gasteiger partial charge in [0.15, 0.2) is 0 Å². The maximum atomic E-state index is 13.0. The van der Waals surface area contributed by atoms with Crippen LogP contribution in [0.4, 0.5) is 0 Å². The second-order valence-corrected chi connectivity index (χ2v) is 6.55. The summed E-state index contributed by atoms with van der Waals surface area (Å²) in [5.74, 6) is 0.382. The molecular weight excluding hydrogens is 266 g/mol. The molecule has 0 bridgehead atoms. The first-order valence-electron chi connectivity index (χ1n) is 8.34. The second-order valence-electron chi connectivity index (χ2n) is 6.55. The van der Waals surface area contributed by atoms with Crippen molar-refractivity contribution in [2.75, 3.05) is 26.2 Å². The number of nitrogens with zero attached hydrogens (tertiary/aromatic N) is 1. The van der Waals surface area contributed by atoms with Crippen molar-refractivity contribution >= 4 is 11.8 Å². The van der Waals surface area contributed by atoms with Crippen LogP contribution >= 0.6 is 0 Å². The second kappa shape index (κ2) is 7.25. The highest BCUT2D eigenvalue weighted by molar-refractivity contribution is 5.83. The molecule has 0 atom stereocenters. The van der Waals surface area contributed by atoms with Gasteiger partial charge in [-0.3, -0.25) is 9.59 Å². The monoisotopic (exact) mass is 295 g/mol. The van der Waals surface area contributed by atoms with Gasteiger partial charge in [-0.15, -0.1) is 0 Å². The van der Waals surface area contributed by atoms with E-state index in [4.69, 9.17) is 0 Å². The highest BCUT2D eigenvalue weighted by Gasteiger charge is 2.41. The van der Waals surface area contributed by atoms with E-state index in [0.29, 0.717) is 5.91 Å². The van der Waals surface area contributed by atoms with Gasteiger partial charge in [0.2, 0.25) is 11.8 Å². The largest absolute Gasteiger partial charge is 0.353 e. The highest BCUT2D eigenvalue weighted by atomic mass is 16.2. The van der Waals surface area contributed by atoms with Crippen molar-refractivity contribution in [1.82, 2.24) is 15.5 Å².